The number of hydrogen-bond donors (Lipinski definition) is 1. The second-order valence-electron chi connectivity index (χ2n) is 4.79. The molecule has 0 fully saturated rings. The van der Waals surface area contributed by atoms with Crippen molar-refractivity contribution in [2.24, 2.45) is 0 Å². The molecule has 0 aliphatic carbocycles. The van der Waals surface area contributed by atoms with Gasteiger partial charge in [0.1, 0.15) is 0 Å². The maximum atomic E-state index is 13.3. The molecule has 2 heterocycles. The van der Waals surface area contributed by atoms with Gasteiger partial charge in [0.25, 0.3) is 0 Å². The second kappa shape index (κ2) is 5.58. The van der Waals surface area contributed by atoms with E-state index in [1.807, 2.05) is 0 Å². The Morgan fingerprint density at radius 1 is 1.13 bits per heavy atom. The lowest BCUT2D eigenvalue weighted by molar-refractivity contribution is -0.141. The fraction of sp³-hybridized carbons (Fsp3) is 0.143. The fourth-order valence-corrected chi connectivity index (χ4v) is 2.53. The van der Waals surface area contributed by atoms with Crippen molar-refractivity contribution in [3.63, 3.8) is 0 Å². The van der Waals surface area contributed by atoms with Gasteiger partial charge in [-0.2, -0.15) is 22.8 Å². The average Bonchev–Trinajstić information content (AvgIpc) is 2.93. The summed E-state index contributed by atoms with van der Waals surface area (Å²) >= 11 is 11.7. The maximum absolute atomic E-state index is 13.3. The molecule has 3 rings (SSSR count). The van der Waals surface area contributed by atoms with Gasteiger partial charge in [-0.05, 0) is 17.7 Å². The Labute approximate surface area is 138 Å². The van der Waals surface area contributed by atoms with Crippen LogP contribution in [0.2, 0.25) is 10.0 Å². The number of aromatic nitrogens is 3. The second-order valence-corrected chi connectivity index (χ2v) is 5.60. The Hall–Kier alpha value is -1.99. The molecule has 0 spiro atoms. The van der Waals surface area contributed by atoms with Crippen LogP contribution in [0, 0.1) is 0 Å². The number of alkyl halides is 3. The summed E-state index contributed by atoms with van der Waals surface area (Å²) in [5.74, 6) is -0.613. The molecule has 4 nitrogen and oxygen atoms in total. The smallest absolute Gasteiger partial charge is 0.433 e. The molecule has 0 atom stereocenters. The molecule has 23 heavy (non-hydrogen) atoms. The third kappa shape index (κ3) is 2.94. The number of fused-ring (bicyclic) bond motifs is 1. The van der Waals surface area contributed by atoms with E-state index in [0.717, 1.165) is 4.52 Å². The van der Waals surface area contributed by atoms with Crippen molar-refractivity contribution < 1.29 is 18.3 Å². The Morgan fingerprint density at radius 3 is 2.52 bits per heavy atom. The Morgan fingerprint density at radius 2 is 1.87 bits per heavy atom. The largest absolute Gasteiger partial charge is 0.493 e. The standard InChI is InChI=1S/C14H8Cl2F3N3O/c15-9-2-1-7(6-10(9)16)5-8-12(14(17,18)19)21-11-3-4-20-22(11)13(8)23/h1-4,6,23H,5H2. The monoisotopic (exact) mass is 361 g/mol. The van der Waals surface area contributed by atoms with Crippen LogP contribution in [-0.4, -0.2) is 19.7 Å². The highest BCUT2D eigenvalue weighted by molar-refractivity contribution is 6.42. The van der Waals surface area contributed by atoms with Gasteiger partial charge in [-0.15, -0.1) is 0 Å². The first-order chi connectivity index (χ1) is 10.8. The molecule has 120 valence electrons. The Kier molecular flexibility index (Phi) is 3.85. The van der Waals surface area contributed by atoms with Gasteiger partial charge >= 0.3 is 6.18 Å². The lowest BCUT2D eigenvalue weighted by Gasteiger charge is -2.14. The summed E-state index contributed by atoms with van der Waals surface area (Å²) in [6.45, 7) is 0. The van der Waals surface area contributed by atoms with E-state index in [1.54, 1.807) is 0 Å². The van der Waals surface area contributed by atoms with Crippen molar-refractivity contribution in [1.29, 1.82) is 0 Å². The van der Waals surface area contributed by atoms with E-state index < -0.39 is 17.8 Å². The highest BCUT2D eigenvalue weighted by atomic mass is 35.5. The molecule has 0 saturated carbocycles. The molecule has 1 N–H and O–H groups in total. The van der Waals surface area contributed by atoms with Crippen LogP contribution in [0.3, 0.4) is 0 Å². The predicted octanol–water partition coefficient (Wildman–Crippen LogP) is 4.35. The average molecular weight is 362 g/mol. The number of nitrogens with zero attached hydrogens (tertiary/aromatic N) is 3. The zero-order valence-electron chi connectivity index (χ0n) is 11.3. The van der Waals surface area contributed by atoms with E-state index in [-0.39, 0.29) is 27.7 Å². The number of halogens is 5. The summed E-state index contributed by atoms with van der Waals surface area (Å²) in [6.07, 6.45) is -3.68. The summed E-state index contributed by atoms with van der Waals surface area (Å²) in [7, 11) is 0. The fourth-order valence-electron chi connectivity index (χ4n) is 2.21. The number of benzene rings is 1. The van der Waals surface area contributed by atoms with E-state index in [0.29, 0.717) is 5.56 Å². The van der Waals surface area contributed by atoms with Crippen LogP contribution in [-0.2, 0) is 12.6 Å². The summed E-state index contributed by atoms with van der Waals surface area (Å²) in [5.41, 5.74) is -1.18. The maximum Gasteiger partial charge on any atom is 0.433 e. The summed E-state index contributed by atoms with van der Waals surface area (Å²) < 4.78 is 40.7. The molecular formula is C14H8Cl2F3N3O. The van der Waals surface area contributed by atoms with Crippen LogP contribution in [0.25, 0.3) is 5.65 Å². The minimum absolute atomic E-state index is 0.0901. The molecule has 0 aliphatic heterocycles. The number of aromatic hydroxyl groups is 1. The zero-order valence-corrected chi connectivity index (χ0v) is 12.8. The van der Waals surface area contributed by atoms with Gasteiger partial charge in [0.15, 0.2) is 11.3 Å². The van der Waals surface area contributed by atoms with Crippen molar-refractivity contribution >= 4 is 28.8 Å². The van der Waals surface area contributed by atoms with Crippen molar-refractivity contribution in [2.75, 3.05) is 0 Å². The normalized spacial score (nSPS) is 12.0. The Balaban J connectivity index is 2.17. The minimum Gasteiger partial charge on any atom is -0.493 e. The minimum atomic E-state index is -4.71. The first-order valence-electron chi connectivity index (χ1n) is 6.34. The molecule has 0 unspecified atom stereocenters. The summed E-state index contributed by atoms with van der Waals surface area (Å²) in [4.78, 5) is 3.56. The molecule has 1 aromatic carbocycles. The molecule has 0 amide bonds. The topological polar surface area (TPSA) is 50.4 Å². The molecule has 3 aromatic rings. The van der Waals surface area contributed by atoms with Crippen LogP contribution in [0.5, 0.6) is 5.88 Å². The van der Waals surface area contributed by atoms with Gasteiger partial charge in [-0.3, -0.25) is 0 Å². The first-order valence-corrected chi connectivity index (χ1v) is 7.09. The summed E-state index contributed by atoms with van der Waals surface area (Å²) in [6, 6.07) is 5.72. The highest BCUT2D eigenvalue weighted by Crippen LogP contribution is 2.36. The summed E-state index contributed by atoms with van der Waals surface area (Å²) in [5, 5.41) is 14.4. The quantitative estimate of drug-likeness (QED) is 0.738. The molecule has 2 aromatic heterocycles. The van der Waals surface area contributed by atoms with Crippen LogP contribution in [0.4, 0.5) is 13.2 Å². The predicted molar refractivity (Wildman–Crippen MR) is 78.9 cm³/mol. The molecule has 0 saturated heterocycles. The number of rotatable bonds is 2. The van der Waals surface area contributed by atoms with Crippen LogP contribution < -0.4 is 0 Å². The van der Waals surface area contributed by atoms with Crippen LogP contribution >= 0.6 is 23.2 Å². The molecular weight excluding hydrogens is 354 g/mol. The third-order valence-corrected chi connectivity index (χ3v) is 3.98. The van der Waals surface area contributed by atoms with Crippen molar-refractivity contribution in [3.05, 3.63) is 57.3 Å². The lowest BCUT2D eigenvalue weighted by Crippen LogP contribution is -2.15. The molecule has 0 aliphatic rings. The highest BCUT2D eigenvalue weighted by Gasteiger charge is 2.38. The lowest BCUT2D eigenvalue weighted by atomic mass is 10.0. The Bertz CT molecular complexity index is 893. The van der Waals surface area contributed by atoms with Gasteiger partial charge in [0.2, 0.25) is 5.88 Å². The SMILES string of the molecule is Oc1c(Cc2ccc(Cl)c(Cl)c2)c(C(F)(F)F)nc2ccnn12. The van der Waals surface area contributed by atoms with E-state index in [9.17, 15) is 18.3 Å². The van der Waals surface area contributed by atoms with Crippen molar-refractivity contribution in [1.82, 2.24) is 14.6 Å². The molecule has 0 radical (unpaired) electrons. The van der Waals surface area contributed by atoms with Gasteiger partial charge in [0.05, 0.1) is 16.2 Å². The van der Waals surface area contributed by atoms with Crippen molar-refractivity contribution in [3.8, 4) is 5.88 Å². The molecule has 0 bridgehead atoms. The molecule has 9 heteroatoms. The zero-order chi connectivity index (χ0) is 16.8. The van der Waals surface area contributed by atoms with E-state index in [2.05, 4.69) is 10.1 Å². The van der Waals surface area contributed by atoms with E-state index >= 15 is 0 Å². The number of hydrogen-bond acceptors (Lipinski definition) is 3. The first kappa shape index (κ1) is 15.9. The van der Waals surface area contributed by atoms with Gasteiger partial charge in [-0.25, -0.2) is 4.98 Å². The van der Waals surface area contributed by atoms with Crippen LogP contribution in [0.15, 0.2) is 30.5 Å². The van der Waals surface area contributed by atoms with E-state index in [1.165, 1.54) is 30.5 Å². The van der Waals surface area contributed by atoms with Gasteiger partial charge < -0.3 is 5.11 Å². The van der Waals surface area contributed by atoms with Gasteiger partial charge in [0, 0.05) is 18.1 Å². The van der Waals surface area contributed by atoms with E-state index in [4.69, 9.17) is 23.2 Å². The van der Waals surface area contributed by atoms with Crippen LogP contribution in [0.1, 0.15) is 16.8 Å². The van der Waals surface area contributed by atoms with Gasteiger partial charge in [-0.1, -0.05) is 29.3 Å². The third-order valence-electron chi connectivity index (χ3n) is 3.24. The van der Waals surface area contributed by atoms with Crippen molar-refractivity contribution in [2.45, 2.75) is 12.6 Å².